The van der Waals surface area contributed by atoms with E-state index < -0.39 is 11.7 Å². The number of aromatic hydroxyl groups is 3. The highest BCUT2D eigenvalue weighted by Gasteiger charge is 2.14. The minimum Gasteiger partial charge on any atom is -0.507 e. The first-order chi connectivity index (χ1) is 8.99. The molecule has 5 heteroatoms. The van der Waals surface area contributed by atoms with E-state index in [1.165, 1.54) is 30.3 Å². The fourth-order valence-electron chi connectivity index (χ4n) is 1.65. The molecule has 98 valence electrons. The Bertz CT molecular complexity index is 637. The molecule has 0 fully saturated rings. The van der Waals surface area contributed by atoms with Crippen LogP contribution in [0.5, 0.6) is 17.2 Å². The number of hydrogen-bond acceptors (Lipinski definition) is 4. The molecule has 0 unspecified atom stereocenters. The summed E-state index contributed by atoms with van der Waals surface area (Å²) in [4.78, 5) is 12.0. The van der Waals surface area contributed by atoms with Gasteiger partial charge in [-0.1, -0.05) is 17.7 Å². The van der Waals surface area contributed by atoms with E-state index in [1.807, 2.05) is 0 Å². The standard InChI is InChI=1S/C14H13NO4/c1-8-5-6-11(16)9(7-8)14(19)15-10-3-2-4-12(17)13(10)18/h2-7,16-18H,1H3,(H,15,19). The van der Waals surface area contributed by atoms with E-state index in [4.69, 9.17) is 0 Å². The van der Waals surface area contributed by atoms with Gasteiger partial charge in [0.2, 0.25) is 0 Å². The zero-order chi connectivity index (χ0) is 14.0. The Kier molecular flexibility index (Phi) is 3.29. The number of rotatable bonds is 2. The lowest BCUT2D eigenvalue weighted by Gasteiger charge is -2.09. The zero-order valence-electron chi connectivity index (χ0n) is 10.2. The van der Waals surface area contributed by atoms with E-state index in [0.29, 0.717) is 0 Å². The largest absolute Gasteiger partial charge is 0.507 e. The maximum absolute atomic E-state index is 12.0. The first-order valence-corrected chi connectivity index (χ1v) is 5.61. The molecule has 2 aromatic rings. The van der Waals surface area contributed by atoms with Crippen molar-refractivity contribution >= 4 is 11.6 Å². The average molecular weight is 259 g/mol. The second-order valence-corrected chi connectivity index (χ2v) is 4.15. The van der Waals surface area contributed by atoms with Crippen LogP contribution in [0.3, 0.4) is 0 Å². The lowest BCUT2D eigenvalue weighted by molar-refractivity contribution is 0.102. The third-order valence-electron chi connectivity index (χ3n) is 2.66. The summed E-state index contributed by atoms with van der Waals surface area (Å²) >= 11 is 0. The van der Waals surface area contributed by atoms with E-state index in [-0.39, 0.29) is 22.7 Å². The van der Waals surface area contributed by atoms with Gasteiger partial charge >= 0.3 is 0 Å². The third kappa shape index (κ3) is 2.60. The van der Waals surface area contributed by atoms with E-state index >= 15 is 0 Å². The van der Waals surface area contributed by atoms with Crippen molar-refractivity contribution in [1.29, 1.82) is 0 Å². The van der Waals surface area contributed by atoms with Crippen LogP contribution in [-0.2, 0) is 0 Å². The Morgan fingerprint density at radius 1 is 1.05 bits per heavy atom. The molecule has 1 amide bonds. The van der Waals surface area contributed by atoms with Crippen molar-refractivity contribution < 1.29 is 20.1 Å². The number of nitrogens with one attached hydrogen (secondary N) is 1. The molecular formula is C14H13NO4. The number of amides is 1. The fourth-order valence-corrected chi connectivity index (χ4v) is 1.65. The summed E-state index contributed by atoms with van der Waals surface area (Å²) in [6.45, 7) is 1.79. The van der Waals surface area contributed by atoms with Crippen molar-refractivity contribution in [2.75, 3.05) is 5.32 Å². The maximum atomic E-state index is 12.0. The minimum absolute atomic E-state index is 0.0749. The summed E-state index contributed by atoms with van der Waals surface area (Å²) in [5.41, 5.74) is 0.997. The molecule has 0 heterocycles. The van der Waals surface area contributed by atoms with Crippen molar-refractivity contribution in [2.24, 2.45) is 0 Å². The van der Waals surface area contributed by atoms with Crippen molar-refractivity contribution in [2.45, 2.75) is 6.92 Å². The molecule has 0 aliphatic rings. The SMILES string of the molecule is Cc1ccc(O)c(C(=O)Nc2cccc(O)c2O)c1. The summed E-state index contributed by atoms with van der Waals surface area (Å²) in [6, 6.07) is 8.87. The maximum Gasteiger partial charge on any atom is 0.259 e. The molecule has 0 aromatic heterocycles. The second-order valence-electron chi connectivity index (χ2n) is 4.15. The number of hydrogen-bond donors (Lipinski definition) is 4. The Morgan fingerprint density at radius 3 is 2.53 bits per heavy atom. The first-order valence-electron chi connectivity index (χ1n) is 5.61. The predicted molar refractivity (Wildman–Crippen MR) is 70.6 cm³/mol. The molecule has 2 rings (SSSR count). The van der Waals surface area contributed by atoms with E-state index in [2.05, 4.69) is 5.32 Å². The number of para-hydroxylation sites is 1. The summed E-state index contributed by atoms with van der Waals surface area (Å²) < 4.78 is 0. The minimum atomic E-state index is -0.568. The molecule has 0 aliphatic heterocycles. The van der Waals surface area contributed by atoms with Crippen LogP contribution in [0, 0.1) is 6.92 Å². The highest BCUT2D eigenvalue weighted by Crippen LogP contribution is 2.33. The summed E-state index contributed by atoms with van der Waals surface area (Å²) in [5.74, 6) is -1.46. The third-order valence-corrected chi connectivity index (χ3v) is 2.66. The molecule has 0 radical (unpaired) electrons. The lowest BCUT2D eigenvalue weighted by atomic mass is 10.1. The zero-order valence-corrected chi connectivity index (χ0v) is 10.2. The van der Waals surface area contributed by atoms with Crippen LogP contribution in [0.1, 0.15) is 15.9 Å². The molecule has 4 N–H and O–H groups in total. The van der Waals surface area contributed by atoms with E-state index in [9.17, 15) is 20.1 Å². The first kappa shape index (κ1) is 12.8. The summed E-state index contributed by atoms with van der Waals surface area (Å²) in [7, 11) is 0. The monoisotopic (exact) mass is 259 g/mol. The number of anilines is 1. The Hall–Kier alpha value is -2.69. The van der Waals surface area contributed by atoms with Crippen LogP contribution in [-0.4, -0.2) is 21.2 Å². The predicted octanol–water partition coefficient (Wildman–Crippen LogP) is 2.36. The number of phenolic OH excluding ortho intramolecular Hbond substituents is 3. The molecule has 0 spiro atoms. The molecule has 0 saturated heterocycles. The van der Waals surface area contributed by atoms with Crippen LogP contribution in [0.15, 0.2) is 36.4 Å². The van der Waals surface area contributed by atoms with Gasteiger partial charge in [0.25, 0.3) is 5.91 Å². The average Bonchev–Trinajstić information content (AvgIpc) is 2.38. The Morgan fingerprint density at radius 2 is 1.79 bits per heavy atom. The Labute approximate surface area is 109 Å². The van der Waals surface area contributed by atoms with Crippen LogP contribution in [0.25, 0.3) is 0 Å². The van der Waals surface area contributed by atoms with Gasteiger partial charge in [0, 0.05) is 0 Å². The molecule has 0 aliphatic carbocycles. The number of carbonyl (C=O) groups excluding carboxylic acids is 1. The number of benzene rings is 2. The lowest BCUT2D eigenvalue weighted by Crippen LogP contribution is -2.12. The molecule has 19 heavy (non-hydrogen) atoms. The van der Waals surface area contributed by atoms with E-state index in [1.54, 1.807) is 13.0 Å². The van der Waals surface area contributed by atoms with Crippen LogP contribution in [0.4, 0.5) is 5.69 Å². The molecule has 2 aromatic carbocycles. The van der Waals surface area contributed by atoms with Crippen molar-refractivity contribution in [3.8, 4) is 17.2 Å². The Balaban J connectivity index is 2.31. The smallest absolute Gasteiger partial charge is 0.259 e. The van der Waals surface area contributed by atoms with Gasteiger partial charge in [0.15, 0.2) is 11.5 Å². The van der Waals surface area contributed by atoms with Crippen LogP contribution in [0.2, 0.25) is 0 Å². The molecule has 0 bridgehead atoms. The van der Waals surface area contributed by atoms with Crippen LogP contribution >= 0.6 is 0 Å². The van der Waals surface area contributed by atoms with Gasteiger partial charge in [-0.15, -0.1) is 0 Å². The molecule has 0 atom stereocenters. The van der Waals surface area contributed by atoms with Gasteiger partial charge in [0.05, 0.1) is 11.3 Å². The molecule has 5 nitrogen and oxygen atoms in total. The number of carbonyl (C=O) groups is 1. The fraction of sp³-hybridized carbons (Fsp3) is 0.0714. The van der Waals surface area contributed by atoms with Gasteiger partial charge < -0.3 is 20.6 Å². The van der Waals surface area contributed by atoms with Gasteiger partial charge in [-0.05, 0) is 31.2 Å². The number of aryl methyl sites for hydroxylation is 1. The molecule has 0 saturated carbocycles. The van der Waals surface area contributed by atoms with Crippen LogP contribution < -0.4 is 5.32 Å². The highest BCUT2D eigenvalue weighted by atomic mass is 16.3. The quantitative estimate of drug-likeness (QED) is 0.623. The highest BCUT2D eigenvalue weighted by molar-refractivity contribution is 6.07. The van der Waals surface area contributed by atoms with Crippen molar-refractivity contribution in [3.05, 3.63) is 47.5 Å². The van der Waals surface area contributed by atoms with Crippen molar-refractivity contribution in [3.63, 3.8) is 0 Å². The summed E-state index contributed by atoms with van der Waals surface area (Å²) in [6.07, 6.45) is 0. The van der Waals surface area contributed by atoms with Gasteiger partial charge in [-0.3, -0.25) is 4.79 Å². The second kappa shape index (κ2) is 4.89. The summed E-state index contributed by atoms with van der Waals surface area (Å²) in [5, 5.41) is 31.0. The van der Waals surface area contributed by atoms with Crippen molar-refractivity contribution in [1.82, 2.24) is 0 Å². The topological polar surface area (TPSA) is 89.8 Å². The molecular weight excluding hydrogens is 246 g/mol. The van der Waals surface area contributed by atoms with E-state index in [0.717, 1.165) is 5.56 Å². The van der Waals surface area contributed by atoms with Gasteiger partial charge in [-0.2, -0.15) is 0 Å². The number of phenols is 3. The normalized spacial score (nSPS) is 10.2. The van der Waals surface area contributed by atoms with Gasteiger partial charge in [-0.25, -0.2) is 0 Å². The van der Waals surface area contributed by atoms with Gasteiger partial charge in [0.1, 0.15) is 5.75 Å².